The molecule has 0 fully saturated rings. The summed E-state index contributed by atoms with van der Waals surface area (Å²) in [7, 11) is 0. The summed E-state index contributed by atoms with van der Waals surface area (Å²) in [6, 6.07) is 14.7. The molecule has 1 amide bonds. The molecule has 1 aliphatic rings. The summed E-state index contributed by atoms with van der Waals surface area (Å²) in [5.41, 5.74) is 4.07. The fraction of sp³-hybridized carbons (Fsp3) is 0.238. The number of aryl methyl sites for hydroxylation is 1. The molecule has 0 heterocycles. The van der Waals surface area contributed by atoms with Crippen molar-refractivity contribution in [2.45, 2.75) is 26.2 Å². The maximum Gasteiger partial charge on any atom is 0.343 e. The van der Waals surface area contributed by atoms with Gasteiger partial charge in [-0.05, 0) is 60.2 Å². The third-order valence-corrected chi connectivity index (χ3v) is 4.22. The maximum absolute atomic E-state index is 12.2. The summed E-state index contributed by atoms with van der Waals surface area (Å²) in [6.07, 6.45) is 4.94. The van der Waals surface area contributed by atoms with Crippen molar-refractivity contribution < 1.29 is 14.3 Å². The van der Waals surface area contributed by atoms with Crippen LogP contribution in [-0.4, -0.2) is 18.4 Å². The summed E-state index contributed by atoms with van der Waals surface area (Å²) in [6.45, 7) is 2.12. The van der Waals surface area contributed by atoms with Gasteiger partial charge in [-0.3, -0.25) is 4.79 Å². The Bertz CT molecular complexity index is 809. The average Bonchev–Trinajstić information content (AvgIpc) is 2.62. The number of carbonyl (C=O) groups is 2. The number of nitrogens with one attached hydrogen (secondary N) is 1. The van der Waals surface area contributed by atoms with Crippen molar-refractivity contribution in [1.82, 2.24) is 5.32 Å². The predicted molar refractivity (Wildman–Crippen MR) is 97.4 cm³/mol. The lowest BCUT2D eigenvalue weighted by molar-refractivity contribution is -0.118. The molecule has 0 atom stereocenters. The molecular formula is C21H21NO3. The zero-order chi connectivity index (χ0) is 17.6. The van der Waals surface area contributed by atoms with Crippen molar-refractivity contribution in [2.75, 3.05) is 6.54 Å². The van der Waals surface area contributed by atoms with Gasteiger partial charge in [-0.15, -0.1) is 0 Å². The second-order valence-corrected chi connectivity index (χ2v) is 6.08. The minimum Gasteiger partial charge on any atom is -0.423 e. The van der Waals surface area contributed by atoms with Crippen LogP contribution in [0, 0.1) is 0 Å². The molecule has 0 saturated carbocycles. The summed E-state index contributed by atoms with van der Waals surface area (Å²) in [5.74, 6) is 0.155. The van der Waals surface area contributed by atoms with E-state index in [1.807, 2.05) is 36.4 Å². The molecule has 0 spiro atoms. The van der Waals surface area contributed by atoms with E-state index in [0.29, 0.717) is 17.9 Å². The molecule has 4 nitrogen and oxygen atoms in total. The molecule has 2 aromatic rings. The number of carbonyl (C=O) groups excluding carboxylic acids is 2. The number of hydrogen-bond acceptors (Lipinski definition) is 3. The van der Waals surface area contributed by atoms with Gasteiger partial charge in [0.25, 0.3) is 0 Å². The fourth-order valence-electron chi connectivity index (χ4n) is 3.00. The number of benzene rings is 2. The standard InChI is InChI=1S/C21H21NO3/c1-15(23)22-13-12-17-9-5-8-16-10-11-19(14-20(16)17)25-21(24)18-6-3-2-4-7-18/h2-4,6-7,9-11,14H,5,8,12-13H2,1H3,(H,22,23). The van der Waals surface area contributed by atoms with Gasteiger partial charge in [-0.25, -0.2) is 4.79 Å². The van der Waals surface area contributed by atoms with Gasteiger partial charge in [0.15, 0.2) is 0 Å². The number of fused-ring (bicyclic) bond motifs is 1. The van der Waals surface area contributed by atoms with Crippen LogP contribution in [-0.2, 0) is 11.2 Å². The Labute approximate surface area is 147 Å². The summed E-state index contributed by atoms with van der Waals surface area (Å²) in [4.78, 5) is 23.3. The van der Waals surface area contributed by atoms with Crippen molar-refractivity contribution >= 4 is 17.4 Å². The van der Waals surface area contributed by atoms with Crippen LogP contribution in [0.5, 0.6) is 5.75 Å². The Balaban J connectivity index is 1.75. The molecule has 128 valence electrons. The van der Waals surface area contributed by atoms with Crippen molar-refractivity contribution in [3.05, 3.63) is 71.3 Å². The van der Waals surface area contributed by atoms with E-state index in [1.165, 1.54) is 18.1 Å². The van der Waals surface area contributed by atoms with E-state index in [-0.39, 0.29) is 11.9 Å². The monoisotopic (exact) mass is 335 g/mol. The van der Waals surface area contributed by atoms with Crippen LogP contribution in [0.3, 0.4) is 0 Å². The molecule has 1 N–H and O–H groups in total. The summed E-state index contributed by atoms with van der Waals surface area (Å²) in [5, 5.41) is 2.83. The van der Waals surface area contributed by atoms with E-state index >= 15 is 0 Å². The molecule has 0 bridgehead atoms. The lowest BCUT2D eigenvalue weighted by atomic mass is 9.89. The second-order valence-electron chi connectivity index (χ2n) is 6.08. The Morgan fingerprint density at radius 3 is 2.68 bits per heavy atom. The van der Waals surface area contributed by atoms with Crippen LogP contribution in [0.15, 0.2) is 54.6 Å². The number of hydrogen-bond donors (Lipinski definition) is 1. The van der Waals surface area contributed by atoms with E-state index in [4.69, 9.17) is 4.74 Å². The SMILES string of the molecule is CC(=O)NCCC1=CCCc2ccc(OC(=O)c3ccccc3)cc21. The van der Waals surface area contributed by atoms with E-state index in [2.05, 4.69) is 11.4 Å². The Kier molecular flexibility index (Phi) is 5.29. The Morgan fingerprint density at radius 2 is 1.92 bits per heavy atom. The smallest absolute Gasteiger partial charge is 0.343 e. The van der Waals surface area contributed by atoms with Gasteiger partial charge in [0.2, 0.25) is 5.91 Å². The number of amides is 1. The molecule has 25 heavy (non-hydrogen) atoms. The molecule has 4 heteroatoms. The van der Waals surface area contributed by atoms with Gasteiger partial charge in [-0.2, -0.15) is 0 Å². The van der Waals surface area contributed by atoms with Gasteiger partial charge in [-0.1, -0.05) is 30.3 Å². The fourth-order valence-corrected chi connectivity index (χ4v) is 3.00. The third kappa shape index (κ3) is 4.35. The first-order valence-corrected chi connectivity index (χ1v) is 8.47. The highest BCUT2D eigenvalue weighted by molar-refractivity contribution is 5.91. The number of allylic oxidation sites excluding steroid dienone is 1. The zero-order valence-electron chi connectivity index (χ0n) is 14.2. The second kappa shape index (κ2) is 7.79. The molecule has 0 unspecified atom stereocenters. The van der Waals surface area contributed by atoms with Crippen molar-refractivity contribution in [1.29, 1.82) is 0 Å². The van der Waals surface area contributed by atoms with Crippen LogP contribution in [0.1, 0.15) is 41.3 Å². The predicted octanol–water partition coefficient (Wildman–Crippen LogP) is 3.76. The van der Waals surface area contributed by atoms with Gasteiger partial charge >= 0.3 is 5.97 Å². The van der Waals surface area contributed by atoms with Gasteiger partial charge in [0.1, 0.15) is 5.75 Å². The summed E-state index contributed by atoms with van der Waals surface area (Å²) < 4.78 is 5.52. The van der Waals surface area contributed by atoms with Crippen LogP contribution in [0.4, 0.5) is 0 Å². The molecule has 2 aromatic carbocycles. The van der Waals surface area contributed by atoms with Gasteiger partial charge < -0.3 is 10.1 Å². The Morgan fingerprint density at radius 1 is 1.12 bits per heavy atom. The lowest BCUT2D eigenvalue weighted by Gasteiger charge is -2.19. The first-order valence-electron chi connectivity index (χ1n) is 8.47. The Hall–Kier alpha value is -2.88. The van der Waals surface area contributed by atoms with E-state index < -0.39 is 0 Å². The van der Waals surface area contributed by atoms with Gasteiger partial charge in [0.05, 0.1) is 5.56 Å². The topological polar surface area (TPSA) is 55.4 Å². The van der Waals surface area contributed by atoms with Gasteiger partial charge in [0, 0.05) is 13.5 Å². The van der Waals surface area contributed by atoms with Crippen molar-refractivity contribution in [3.8, 4) is 5.75 Å². The van der Waals surface area contributed by atoms with Crippen LogP contribution < -0.4 is 10.1 Å². The molecule has 0 radical (unpaired) electrons. The molecule has 0 aliphatic heterocycles. The van der Waals surface area contributed by atoms with Crippen LogP contribution in [0.2, 0.25) is 0 Å². The summed E-state index contributed by atoms with van der Waals surface area (Å²) >= 11 is 0. The minimum absolute atomic E-state index is 0.0258. The normalized spacial score (nSPS) is 12.8. The number of esters is 1. The first kappa shape index (κ1) is 17.0. The molecule has 0 saturated heterocycles. The highest BCUT2D eigenvalue weighted by Crippen LogP contribution is 2.31. The van der Waals surface area contributed by atoms with Crippen molar-refractivity contribution in [2.24, 2.45) is 0 Å². The highest BCUT2D eigenvalue weighted by Gasteiger charge is 2.15. The van der Waals surface area contributed by atoms with Crippen LogP contribution >= 0.6 is 0 Å². The highest BCUT2D eigenvalue weighted by atomic mass is 16.5. The average molecular weight is 335 g/mol. The van der Waals surface area contributed by atoms with Crippen LogP contribution in [0.25, 0.3) is 5.57 Å². The van der Waals surface area contributed by atoms with E-state index in [9.17, 15) is 9.59 Å². The molecule has 0 aromatic heterocycles. The lowest BCUT2D eigenvalue weighted by Crippen LogP contribution is -2.21. The molecule has 1 aliphatic carbocycles. The zero-order valence-corrected chi connectivity index (χ0v) is 14.2. The quantitative estimate of drug-likeness (QED) is 0.668. The largest absolute Gasteiger partial charge is 0.423 e. The minimum atomic E-state index is -0.361. The number of rotatable bonds is 5. The first-order chi connectivity index (χ1) is 12.1. The van der Waals surface area contributed by atoms with E-state index in [1.54, 1.807) is 12.1 Å². The maximum atomic E-state index is 12.2. The molecule has 3 rings (SSSR count). The number of ether oxygens (including phenoxy) is 1. The molecular weight excluding hydrogens is 314 g/mol. The van der Waals surface area contributed by atoms with Crippen molar-refractivity contribution in [3.63, 3.8) is 0 Å². The van der Waals surface area contributed by atoms with E-state index in [0.717, 1.165) is 24.8 Å². The third-order valence-electron chi connectivity index (χ3n) is 4.22.